The maximum absolute atomic E-state index is 10.7. The number of nitrogens with two attached hydrogens (primary N) is 1. The number of nitro benzene ring substituents is 1. The highest BCUT2D eigenvalue weighted by molar-refractivity contribution is 9.10. The first-order chi connectivity index (χ1) is 9.56. The van der Waals surface area contributed by atoms with Gasteiger partial charge >= 0.3 is 0 Å². The second-order valence-electron chi connectivity index (χ2n) is 4.26. The summed E-state index contributed by atoms with van der Waals surface area (Å²) >= 11 is 3.36. The fourth-order valence-electron chi connectivity index (χ4n) is 1.69. The third kappa shape index (κ3) is 3.79. The van der Waals surface area contributed by atoms with Gasteiger partial charge in [-0.25, -0.2) is 0 Å². The minimum atomic E-state index is -0.447. The number of halogens is 1. The molecule has 0 spiro atoms. The Morgan fingerprint density at radius 1 is 1.15 bits per heavy atom. The predicted molar refractivity (Wildman–Crippen MR) is 80.1 cm³/mol. The van der Waals surface area contributed by atoms with Crippen LogP contribution in [0.4, 0.5) is 11.4 Å². The van der Waals surface area contributed by atoms with Crippen LogP contribution in [0.15, 0.2) is 46.9 Å². The summed E-state index contributed by atoms with van der Waals surface area (Å²) in [5.41, 5.74) is 7.93. The number of anilines is 1. The minimum absolute atomic E-state index is 0.0152. The maximum atomic E-state index is 10.7. The molecule has 2 aromatic carbocycles. The summed E-state index contributed by atoms with van der Waals surface area (Å²) in [5, 5.41) is 10.7. The molecular weight excluding hydrogens is 324 g/mol. The molecule has 0 amide bonds. The number of ether oxygens (including phenoxy) is 1. The second kappa shape index (κ2) is 6.49. The lowest BCUT2D eigenvalue weighted by atomic mass is 10.1. The molecule has 0 aliphatic rings. The number of hydrogen-bond donors (Lipinski definition) is 1. The highest BCUT2D eigenvalue weighted by Crippen LogP contribution is 2.21. The minimum Gasteiger partial charge on any atom is -0.398 e. The van der Waals surface area contributed by atoms with Crippen LogP contribution in [0.3, 0.4) is 0 Å². The van der Waals surface area contributed by atoms with Crippen molar-refractivity contribution in [3.63, 3.8) is 0 Å². The molecule has 0 fully saturated rings. The third-order valence-corrected chi connectivity index (χ3v) is 3.31. The lowest BCUT2D eigenvalue weighted by molar-refractivity contribution is -0.384. The van der Waals surface area contributed by atoms with Gasteiger partial charge in [-0.1, -0.05) is 28.1 Å². The van der Waals surface area contributed by atoms with E-state index in [-0.39, 0.29) is 12.3 Å². The van der Waals surface area contributed by atoms with Gasteiger partial charge in [-0.15, -0.1) is 0 Å². The van der Waals surface area contributed by atoms with Crippen molar-refractivity contribution in [3.8, 4) is 0 Å². The molecule has 0 aliphatic carbocycles. The Morgan fingerprint density at radius 3 is 2.50 bits per heavy atom. The first-order valence-electron chi connectivity index (χ1n) is 5.91. The molecule has 0 atom stereocenters. The number of rotatable bonds is 5. The Bertz CT molecular complexity index is 614. The molecule has 0 radical (unpaired) electrons. The second-order valence-corrected chi connectivity index (χ2v) is 5.18. The normalized spacial score (nSPS) is 10.4. The van der Waals surface area contributed by atoms with E-state index in [2.05, 4.69) is 15.9 Å². The van der Waals surface area contributed by atoms with Gasteiger partial charge in [-0.3, -0.25) is 10.1 Å². The topological polar surface area (TPSA) is 78.4 Å². The lowest BCUT2D eigenvalue weighted by Crippen LogP contribution is -2.00. The number of non-ortho nitro benzene ring substituents is 1. The monoisotopic (exact) mass is 336 g/mol. The Labute approximate surface area is 124 Å². The van der Waals surface area contributed by atoms with Crippen LogP contribution in [0.2, 0.25) is 0 Å². The largest absolute Gasteiger partial charge is 0.398 e. The smallest absolute Gasteiger partial charge is 0.269 e. The molecule has 20 heavy (non-hydrogen) atoms. The molecular formula is C14H13BrN2O3. The summed E-state index contributed by atoms with van der Waals surface area (Å²) in [7, 11) is 0. The van der Waals surface area contributed by atoms with Gasteiger partial charge < -0.3 is 10.5 Å². The van der Waals surface area contributed by atoms with Crippen molar-refractivity contribution in [2.45, 2.75) is 13.2 Å². The average Bonchev–Trinajstić information content (AvgIpc) is 2.43. The first kappa shape index (κ1) is 14.5. The third-order valence-electron chi connectivity index (χ3n) is 2.78. The number of nitrogens with zero attached hydrogens (tertiary/aromatic N) is 1. The van der Waals surface area contributed by atoms with Crippen LogP contribution in [-0.2, 0) is 18.0 Å². The van der Waals surface area contributed by atoms with Crippen molar-refractivity contribution < 1.29 is 9.66 Å². The van der Waals surface area contributed by atoms with Crippen LogP contribution in [0.25, 0.3) is 0 Å². The molecule has 0 unspecified atom stereocenters. The quantitative estimate of drug-likeness (QED) is 0.513. The fraction of sp³-hybridized carbons (Fsp3) is 0.143. The highest BCUT2D eigenvalue weighted by Gasteiger charge is 2.09. The van der Waals surface area contributed by atoms with E-state index in [1.165, 1.54) is 18.2 Å². The summed E-state index contributed by atoms with van der Waals surface area (Å²) in [6.07, 6.45) is 0. The summed E-state index contributed by atoms with van der Waals surface area (Å²) in [6, 6.07) is 12.1. The molecule has 0 aliphatic heterocycles. The van der Waals surface area contributed by atoms with E-state index in [0.717, 1.165) is 10.0 Å². The van der Waals surface area contributed by atoms with Crippen molar-refractivity contribution in [1.29, 1.82) is 0 Å². The molecule has 0 aromatic heterocycles. The van der Waals surface area contributed by atoms with Crippen molar-refractivity contribution in [2.75, 3.05) is 5.73 Å². The van der Waals surface area contributed by atoms with E-state index in [4.69, 9.17) is 10.5 Å². The molecule has 2 N–H and O–H groups in total. The van der Waals surface area contributed by atoms with Crippen LogP contribution in [-0.4, -0.2) is 4.92 Å². The highest BCUT2D eigenvalue weighted by atomic mass is 79.9. The van der Waals surface area contributed by atoms with E-state index in [9.17, 15) is 10.1 Å². The van der Waals surface area contributed by atoms with Gasteiger partial charge in [0.2, 0.25) is 0 Å². The van der Waals surface area contributed by atoms with Gasteiger partial charge in [0.25, 0.3) is 5.69 Å². The Balaban J connectivity index is 1.98. The van der Waals surface area contributed by atoms with E-state index in [1.807, 2.05) is 24.3 Å². The van der Waals surface area contributed by atoms with E-state index >= 15 is 0 Å². The van der Waals surface area contributed by atoms with E-state index in [1.54, 1.807) is 0 Å². The van der Waals surface area contributed by atoms with Gasteiger partial charge in [0.05, 0.1) is 18.1 Å². The Hall–Kier alpha value is -1.92. The zero-order chi connectivity index (χ0) is 14.5. The molecule has 2 aromatic rings. The van der Waals surface area contributed by atoms with Crippen molar-refractivity contribution in [2.24, 2.45) is 0 Å². The van der Waals surface area contributed by atoms with Crippen LogP contribution < -0.4 is 5.73 Å². The zero-order valence-electron chi connectivity index (χ0n) is 10.6. The van der Waals surface area contributed by atoms with E-state index in [0.29, 0.717) is 17.9 Å². The SMILES string of the molecule is Nc1ccc([N+](=O)[O-])cc1COCc1ccc(Br)cc1. The molecule has 0 heterocycles. The lowest BCUT2D eigenvalue weighted by Gasteiger charge is -2.07. The average molecular weight is 337 g/mol. The van der Waals surface area contributed by atoms with Gasteiger partial charge in [0.1, 0.15) is 0 Å². The zero-order valence-corrected chi connectivity index (χ0v) is 12.2. The predicted octanol–water partition coefficient (Wildman–Crippen LogP) is 3.66. The van der Waals surface area contributed by atoms with Crippen LogP contribution >= 0.6 is 15.9 Å². The number of hydrogen-bond acceptors (Lipinski definition) is 4. The molecule has 6 heteroatoms. The van der Waals surface area contributed by atoms with Gasteiger partial charge in [0, 0.05) is 27.9 Å². The summed E-state index contributed by atoms with van der Waals surface area (Å²) < 4.78 is 6.55. The molecule has 0 bridgehead atoms. The summed E-state index contributed by atoms with van der Waals surface area (Å²) in [4.78, 5) is 10.3. The van der Waals surface area contributed by atoms with Crippen molar-refractivity contribution in [3.05, 3.63) is 68.2 Å². The van der Waals surface area contributed by atoms with Crippen molar-refractivity contribution in [1.82, 2.24) is 0 Å². The summed E-state index contributed by atoms with van der Waals surface area (Å²) in [5.74, 6) is 0. The standard InChI is InChI=1S/C14H13BrN2O3/c15-12-3-1-10(2-4-12)8-20-9-11-7-13(17(18)19)5-6-14(11)16/h1-7H,8-9,16H2. The summed E-state index contributed by atoms with van der Waals surface area (Å²) in [6.45, 7) is 0.666. The maximum Gasteiger partial charge on any atom is 0.269 e. The van der Waals surface area contributed by atoms with Crippen LogP contribution in [0, 0.1) is 10.1 Å². The number of nitro groups is 1. The first-order valence-corrected chi connectivity index (χ1v) is 6.70. The molecule has 2 rings (SSSR count). The molecule has 0 saturated carbocycles. The fourth-order valence-corrected chi connectivity index (χ4v) is 1.95. The van der Waals surface area contributed by atoms with Crippen LogP contribution in [0.1, 0.15) is 11.1 Å². The molecule has 5 nitrogen and oxygen atoms in total. The van der Waals surface area contributed by atoms with Gasteiger partial charge in [0.15, 0.2) is 0 Å². The van der Waals surface area contributed by atoms with Crippen LogP contribution in [0.5, 0.6) is 0 Å². The van der Waals surface area contributed by atoms with E-state index < -0.39 is 4.92 Å². The van der Waals surface area contributed by atoms with Gasteiger partial charge in [-0.2, -0.15) is 0 Å². The molecule has 0 saturated heterocycles. The Morgan fingerprint density at radius 2 is 1.85 bits per heavy atom. The van der Waals surface area contributed by atoms with Gasteiger partial charge in [-0.05, 0) is 23.8 Å². The number of benzene rings is 2. The number of nitrogen functional groups attached to an aromatic ring is 1. The van der Waals surface area contributed by atoms with Crippen molar-refractivity contribution >= 4 is 27.3 Å². The Kier molecular flexibility index (Phi) is 4.70. The molecule has 104 valence electrons.